The first-order valence-electron chi connectivity index (χ1n) is 4.27. The van der Waals surface area contributed by atoms with Crippen molar-refractivity contribution in [3.05, 3.63) is 36.0 Å². The number of hydrogen-bond acceptors (Lipinski definition) is 1. The third kappa shape index (κ3) is 3.33. The first kappa shape index (κ1) is 10.9. The fourth-order valence-electron chi connectivity index (χ4n) is 0.933. The second-order valence-corrected chi connectivity index (χ2v) is 2.47. The number of rotatable bonds is 5. The average molecular weight is 164 g/mol. The summed E-state index contributed by atoms with van der Waals surface area (Å²) in [5.74, 6) is 0. The summed E-state index contributed by atoms with van der Waals surface area (Å²) in [4.78, 5) is 10.6. The van der Waals surface area contributed by atoms with Crippen molar-refractivity contribution in [2.75, 3.05) is 0 Å². The van der Waals surface area contributed by atoms with Crippen LogP contribution in [0.3, 0.4) is 0 Å². The lowest BCUT2D eigenvalue weighted by Crippen LogP contribution is -1.86. The van der Waals surface area contributed by atoms with Crippen LogP contribution in [-0.4, -0.2) is 6.29 Å². The summed E-state index contributed by atoms with van der Waals surface area (Å²) in [6.45, 7) is 7.71. The molecule has 0 saturated heterocycles. The second kappa shape index (κ2) is 6.59. The molecule has 66 valence electrons. The van der Waals surface area contributed by atoms with Gasteiger partial charge in [-0.3, -0.25) is 4.79 Å². The van der Waals surface area contributed by atoms with E-state index in [2.05, 4.69) is 6.58 Å². The zero-order chi connectivity index (χ0) is 9.40. The highest BCUT2D eigenvalue weighted by molar-refractivity contribution is 5.79. The third-order valence-electron chi connectivity index (χ3n) is 1.66. The maximum absolute atomic E-state index is 10.6. The molecule has 12 heavy (non-hydrogen) atoms. The van der Waals surface area contributed by atoms with E-state index in [0.717, 1.165) is 30.3 Å². The normalized spacial score (nSPS) is 12.8. The Morgan fingerprint density at radius 1 is 1.42 bits per heavy atom. The first-order chi connectivity index (χ1) is 5.79. The van der Waals surface area contributed by atoms with E-state index in [0.29, 0.717) is 0 Å². The first-order valence-corrected chi connectivity index (χ1v) is 4.27. The van der Waals surface area contributed by atoms with Gasteiger partial charge < -0.3 is 0 Å². The topological polar surface area (TPSA) is 17.1 Å². The monoisotopic (exact) mass is 164 g/mol. The van der Waals surface area contributed by atoms with Crippen molar-refractivity contribution in [1.29, 1.82) is 0 Å². The van der Waals surface area contributed by atoms with Crippen LogP contribution in [0.1, 0.15) is 26.7 Å². The van der Waals surface area contributed by atoms with Gasteiger partial charge in [-0.1, -0.05) is 38.7 Å². The molecule has 0 saturated carbocycles. The Labute approximate surface area is 74.5 Å². The molecule has 0 atom stereocenters. The van der Waals surface area contributed by atoms with Crippen molar-refractivity contribution in [1.82, 2.24) is 0 Å². The molecule has 0 amide bonds. The Morgan fingerprint density at radius 2 is 2.08 bits per heavy atom. The highest BCUT2D eigenvalue weighted by Gasteiger charge is 1.95. The second-order valence-electron chi connectivity index (χ2n) is 2.47. The van der Waals surface area contributed by atoms with Gasteiger partial charge in [0.05, 0.1) is 0 Å². The summed E-state index contributed by atoms with van der Waals surface area (Å²) in [5.41, 5.74) is 1.75. The number of carbonyl (C=O) groups is 1. The van der Waals surface area contributed by atoms with Crippen LogP contribution in [0.4, 0.5) is 0 Å². The summed E-state index contributed by atoms with van der Waals surface area (Å²) < 4.78 is 0. The van der Waals surface area contributed by atoms with Crippen LogP contribution in [0.25, 0.3) is 0 Å². The molecular weight excluding hydrogens is 148 g/mol. The van der Waals surface area contributed by atoms with E-state index in [4.69, 9.17) is 0 Å². The van der Waals surface area contributed by atoms with Gasteiger partial charge in [0, 0.05) is 5.57 Å². The Kier molecular flexibility index (Phi) is 5.98. The Balaban J connectivity index is 4.68. The summed E-state index contributed by atoms with van der Waals surface area (Å²) in [5, 5.41) is 0. The van der Waals surface area contributed by atoms with Crippen LogP contribution in [0.5, 0.6) is 0 Å². The molecule has 0 aromatic rings. The molecule has 0 N–H and O–H groups in total. The lowest BCUT2D eigenvalue weighted by molar-refractivity contribution is -0.104. The van der Waals surface area contributed by atoms with Crippen molar-refractivity contribution in [3.8, 4) is 0 Å². The Hall–Kier alpha value is -1.11. The minimum Gasteiger partial charge on any atom is -0.298 e. The molecule has 0 radical (unpaired) electrons. The molecule has 0 aromatic heterocycles. The summed E-state index contributed by atoms with van der Waals surface area (Å²) in [6.07, 6.45) is 8.25. The third-order valence-corrected chi connectivity index (χ3v) is 1.66. The van der Waals surface area contributed by atoms with E-state index >= 15 is 0 Å². The molecule has 0 unspecified atom stereocenters. The SMILES string of the molecule is C=C/C(CC)=C(C=O)\C=C\CC. The highest BCUT2D eigenvalue weighted by Crippen LogP contribution is 2.09. The van der Waals surface area contributed by atoms with Gasteiger partial charge in [-0.2, -0.15) is 0 Å². The van der Waals surface area contributed by atoms with Gasteiger partial charge in [0.1, 0.15) is 6.29 Å². The maximum atomic E-state index is 10.6. The molecular formula is C11H16O. The summed E-state index contributed by atoms with van der Waals surface area (Å²) in [7, 11) is 0. The van der Waals surface area contributed by atoms with E-state index in [-0.39, 0.29) is 0 Å². The Morgan fingerprint density at radius 3 is 2.42 bits per heavy atom. The molecule has 0 aliphatic rings. The lowest BCUT2D eigenvalue weighted by atomic mass is 10.1. The largest absolute Gasteiger partial charge is 0.298 e. The summed E-state index contributed by atoms with van der Waals surface area (Å²) in [6, 6.07) is 0. The number of carbonyl (C=O) groups excluding carboxylic acids is 1. The van der Waals surface area contributed by atoms with E-state index in [9.17, 15) is 4.79 Å². The molecule has 0 bridgehead atoms. The van der Waals surface area contributed by atoms with Crippen LogP contribution < -0.4 is 0 Å². The molecule has 0 aromatic carbocycles. The summed E-state index contributed by atoms with van der Waals surface area (Å²) >= 11 is 0. The number of aldehydes is 1. The zero-order valence-corrected chi connectivity index (χ0v) is 7.84. The van der Waals surface area contributed by atoms with Gasteiger partial charge >= 0.3 is 0 Å². The molecule has 0 heterocycles. The van der Waals surface area contributed by atoms with Gasteiger partial charge in [0.15, 0.2) is 0 Å². The van der Waals surface area contributed by atoms with Gasteiger partial charge in [-0.05, 0) is 18.4 Å². The highest BCUT2D eigenvalue weighted by atomic mass is 16.1. The van der Waals surface area contributed by atoms with Crippen LogP contribution in [-0.2, 0) is 4.79 Å². The van der Waals surface area contributed by atoms with Crippen molar-refractivity contribution in [2.45, 2.75) is 26.7 Å². The quantitative estimate of drug-likeness (QED) is 0.347. The van der Waals surface area contributed by atoms with Crippen molar-refractivity contribution >= 4 is 6.29 Å². The number of hydrogen-bond donors (Lipinski definition) is 0. The van der Waals surface area contributed by atoms with Crippen LogP contribution in [0.2, 0.25) is 0 Å². The van der Waals surface area contributed by atoms with Crippen LogP contribution in [0.15, 0.2) is 36.0 Å². The molecule has 0 fully saturated rings. The fraction of sp³-hybridized carbons (Fsp3) is 0.364. The van der Waals surface area contributed by atoms with Crippen LogP contribution in [0, 0.1) is 0 Å². The average Bonchev–Trinajstić information content (AvgIpc) is 2.12. The smallest absolute Gasteiger partial charge is 0.150 e. The van der Waals surface area contributed by atoms with Crippen molar-refractivity contribution in [3.63, 3.8) is 0 Å². The molecule has 1 nitrogen and oxygen atoms in total. The van der Waals surface area contributed by atoms with E-state index < -0.39 is 0 Å². The van der Waals surface area contributed by atoms with E-state index in [1.54, 1.807) is 6.08 Å². The molecule has 0 spiro atoms. The molecule has 1 heteroatoms. The maximum Gasteiger partial charge on any atom is 0.150 e. The predicted molar refractivity (Wildman–Crippen MR) is 53.0 cm³/mol. The molecule has 0 aliphatic heterocycles. The molecule has 0 rings (SSSR count). The minimum atomic E-state index is 0.745. The number of allylic oxidation sites excluding steroid dienone is 5. The van der Waals surface area contributed by atoms with Gasteiger partial charge in [-0.15, -0.1) is 0 Å². The fourth-order valence-corrected chi connectivity index (χ4v) is 0.933. The van der Waals surface area contributed by atoms with Gasteiger partial charge in [0.2, 0.25) is 0 Å². The van der Waals surface area contributed by atoms with Crippen molar-refractivity contribution < 1.29 is 4.79 Å². The van der Waals surface area contributed by atoms with E-state index in [1.807, 2.05) is 26.0 Å². The molecule has 0 aliphatic carbocycles. The zero-order valence-electron chi connectivity index (χ0n) is 7.84. The van der Waals surface area contributed by atoms with Gasteiger partial charge in [0.25, 0.3) is 0 Å². The van der Waals surface area contributed by atoms with Crippen LogP contribution >= 0.6 is 0 Å². The van der Waals surface area contributed by atoms with Crippen molar-refractivity contribution in [2.24, 2.45) is 0 Å². The standard InChI is InChI=1S/C11H16O/c1-4-7-8-11(9-12)10(5-2)6-3/h5,7-9H,2,4,6H2,1,3H3/b8-7+,11-10-. The van der Waals surface area contributed by atoms with Gasteiger partial charge in [-0.25, -0.2) is 0 Å². The predicted octanol–water partition coefficient (Wildman–Crippen LogP) is 3.04. The lowest BCUT2D eigenvalue weighted by Gasteiger charge is -1.98. The minimum absolute atomic E-state index is 0.745. The Bertz CT molecular complexity index is 209. The van der Waals surface area contributed by atoms with E-state index in [1.165, 1.54) is 0 Å².